The number of hydrogen-bond donors (Lipinski definition) is 4. The quantitative estimate of drug-likeness (QED) is 0.0320. The molecule has 8 nitrogen and oxygen atoms in total. The lowest BCUT2D eigenvalue weighted by atomic mass is 9.87. The third-order valence-corrected chi connectivity index (χ3v) is 10.5. The number of aliphatic hydroxyl groups is 2. The zero-order valence-corrected chi connectivity index (χ0v) is 31.1. The molecule has 0 aromatic carbocycles. The van der Waals surface area contributed by atoms with Gasteiger partial charge in [-0.05, 0) is 70.9 Å². The van der Waals surface area contributed by atoms with E-state index in [1.807, 2.05) is 19.9 Å². The van der Waals surface area contributed by atoms with Gasteiger partial charge >= 0.3 is 0 Å². The minimum absolute atomic E-state index is 0.00819. The predicted octanol–water partition coefficient (Wildman–Crippen LogP) is 7.49. The van der Waals surface area contributed by atoms with Crippen LogP contribution in [0.1, 0.15) is 88.9 Å². The summed E-state index contributed by atoms with van der Waals surface area (Å²) in [4.78, 5) is 42.3. The second kappa shape index (κ2) is 28.6. The van der Waals surface area contributed by atoms with E-state index in [9.17, 15) is 19.5 Å². The Morgan fingerprint density at radius 1 is 0.878 bits per heavy atom. The molecule has 0 bridgehead atoms. The summed E-state index contributed by atoms with van der Waals surface area (Å²) in [5.41, 5.74) is 0.427. The van der Waals surface area contributed by atoms with E-state index >= 15 is 0 Å². The molecule has 0 unspecified atom stereocenters. The summed E-state index contributed by atoms with van der Waals surface area (Å²) in [5, 5.41) is 24.4. The summed E-state index contributed by atoms with van der Waals surface area (Å²) in [6.45, 7) is 5.86. The third kappa shape index (κ3) is 23.0. The van der Waals surface area contributed by atoms with Gasteiger partial charge in [-0.1, -0.05) is 101 Å². The first kappa shape index (κ1) is 43.8. The van der Waals surface area contributed by atoms with Crippen LogP contribution in [0.25, 0.3) is 0 Å². The van der Waals surface area contributed by atoms with E-state index in [4.69, 9.17) is 5.11 Å². The van der Waals surface area contributed by atoms with Crippen LogP contribution >= 0.6 is 21.6 Å². The number of Topliss-reactive ketones (excluding diaryl/α,β-unsaturated/α-hetero) is 1. The third-order valence-electron chi connectivity index (χ3n) is 7.17. The molecule has 0 aliphatic carbocycles. The molecule has 0 radical (unpaired) electrons. The molecule has 2 atom stereocenters. The number of nitrogens with zero attached hydrogens (tertiary/aromatic N) is 1. The highest BCUT2D eigenvalue weighted by molar-refractivity contribution is 8.77. The van der Waals surface area contributed by atoms with Gasteiger partial charge in [0, 0.05) is 54.4 Å². The predicted molar refractivity (Wildman–Crippen MR) is 207 cm³/mol. The summed E-state index contributed by atoms with van der Waals surface area (Å²) in [6, 6.07) is 3.34. The summed E-state index contributed by atoms with van der Waals surface area (Å²) >= 11 is 0. The minimum Gasteiger partial charge on any atom is -0.394 e. The summed E-state index contributed by atoms with van der Waals surface area (Å²) < 4.78 is -0.642. The summed E-state index contributed by atoms with van der Waals surface area (Å²) in [7, 11) is 3.01. The molecule has 4 N–H and O–H groups in total. The fourth-order valence-corrected chi connectivity index (χ4v) is 6.96. The molecule has 0 saturated heterocycles. The second-order valence-corrected chi connectivity index (χ2v) is 14.9. The Kier molecular flexibility index (Phi) is 25.6. The lowest BCUT2D eigenvalue weighted by Gasteiger charge is -2.32. The lowest BCUT2D eigenvalue weighted by molar-refractivity contribution is -0.126. The molecule has 2 amide bonds. The largest absolute Gasteiger partial charge is 0.394 e. The second-order valence-electron chi connectivity index (χ2n) is 11.8. The lowest BCUT2D eigenvalue weighted by Crippen LogP contribution is -2.45. The van der Waals surface area contributed by atoms with Gasteiger partial charge in [0.2, 0.25) is 11.8 Å². The van der Waals surface area contributed by atoms with E-state index in [2.05, 4.69) is 89.4 Å². The van der Waals surface area contributed by atoms with E-state index in [0.717, 1.165) is 38.5 Å². The molecule has 0 fully saturated rings. The van der Waals surface area contributed by atoms with Crippen LogP contribution in [0.2, 0.25) is 0 Å². The van der Waals surface area contributed by atoms with Crippen LogP contribution in [-0.2, 0) is 9.59 Å². The fourth-order valence-electron chi connectivity index (χ4n) is 4.32. The topological polar surface area (TPSA) is 129 Å². The number of nitrogens with one attached hydrogen (secondary N) is 2. The number of hydrogen-bond acceptors (Lipinski definition) is 8. The van der Waals surface area contributed by atoms with E-state index < -0.39 is 23.4 Å². The molecule has 270 valence electrons. The highest BCUT2D eigenvalue weighted by atomic mass is 33.1. The molecule has 1 aromatic heterocycles. The highest BCUT2D eigenvalue weighted by Gasteiger charge is 2.38. The normalized spacial score (nSPS) is 13.8. The summed E-state index contributed by atoms with van der Waals surface area (Å²) in [6.07, 6.45) is 34.7. The molecule has 1 aromatic rings. The first-order chi connectivity index (χ1) is 23.7. The Hall–Kier alpha value is -3.18. The van der Waals surface area contributed by atoms with Gasteiger partial charge in [0.05, 0.1) is 18.6 Å². The van der Waals surface area contributed by atoms with Gasteiger partial charge in [-0.2, -0.15) is 0 Å². The van der Waals surface area contributed by atoms with Gasteiger partial charge in [-0.3, -0.25) is 19.4 Å². The molecule has 0 saturated carbocycles. The van der Waals surface area contributed by atoms with Crippen molar-refractivity contribution in [2.24, 2.45) is 5.92 Å². The van der Waals surface area contributed by atoms with Crippen molar-refractivity contribution in [2.45, 2.75) is 89.4 Å². The molecular weight excluding hydrogens is 655 g/mol. The van der Waals surface area contributed by atoms with E-state index in [1.54, 1.807) is 18.3 Å². The number of aromatic nitrogens is 1. The zero-order chi connectivity index (χ0) is 36.0. The van der Waals surface area contributed by atoms with Crippen LogP contribution in [0.15, 0.2) is 97.4 Å². The number of carbonyl (C=O) groups is 3. The Morgan fingerprint density at radius 3 is 1.98 bits per heavy atom. The number of amides is 2. The van der Waals surface area contributed by atoms with Gasteiger partial charge in [-0.25, -0.2) is 0 Å². The van der Waals surface area contributed by atoms with Crippen molar-refractivity contribution < 1.29 is 24.6 Å². The first-order valence-corrected chi connectivity index (χ1v) is 19.5. The Balaban J connectivity index is 2.29. The van der Waals surface area contributed by atoms with Crippen LogP contribution in [0, 0.1) is 5.92 Å². The first-order valence-electron chi connectivity index (χ1n) is 17.2. The molecule has 0 spiro atoms. The maximum atomic E-state index is 13.1. The maximum Gasteiger partial charge on any atom is 0.225 e. The minimum atomic E-state index is -1.08. The van der Waals surface area contributed by atoms with Crippen molar-refractivity contribution in [2.75, 3.05) is 25.4 Å². The van der Waals surface area contributed by atoms with Crippen molar-refractivity contribution >= 4 is 39.2 Å². The van der Waals surface area contributed by atoms with Crippen molar-refractivity contribution in [3.63, 3.8) is 0 Å². The van der Waals surface area contributed by atoms with Crippen LogP contribution in [0.5, 0.6) is 0 Å². The Morgan fingerprint density at radius 2 is 1.45 bits per heavy atom. The molecular formula is C39H57N3O5S2. The van der Waals surface area contributed by atoms with Gasteiger partial charge < -0.3 is 20.8 Å². The smallest absolute Gasteiger partial charge is 0.225 e. The summed E-state index contributed by atoms with van der Waals surface area (Å²) in [5.74, 6) is -0.640. The van der Waals surface area contributed by atoms with Crippen molar-refractivity contribution in [3.05, 3.63) is 103 Å². The monoisotopic (exact) mass is 711 g/mol. The van der Waals surface area contributed by atoms with E-state index in [-0.39, 0.29) is 30.6 Å². The van der Waals surface area contributed by atoms with Gasteiger partial charge in [0.15, 0.2) is 5.78 Å². The fraction of sp³-hybridized carbons (Fsp3) is 0.487. The average Bonchev–Trinajstić information content (AvgIpc) is 3.10. The van der Waals surface area contributed by atoms with Gasteiger partial charge in [0.1, 0.15) is 0 Å². The average molecular weight is 712 g/mol. The van der Waals surface area contributed by atoms with E-state index in [1.165, 1.54) is 27.8 Å². The van der Waals surface area contributed by atoms with Crippen LogP contribution < -0.4 is 10.6 Å². The zero-order valence-electron chi connectivity index (χ0n) is 29.5. The Labute approximate surface area is 302 Å². The van der Waals surface area contributed by atoms with Gasteiger partial charge in [0.25, 0.3) is 0 Å². The Bertz CT molecular complexity index is 1240. The van der Waals surface area contributed by atoms with Crippen LogP contribution in [-0.4, -0.2) is 69.1 Å². The number of ketones is 1. The SMILES string of the molecule is CC/C=C\C/C=C\C/C=C\C/C=C\C/C=C\C/C=C\CCC(=O)NCCSSC(C)(C)[C@H](CC(=O)c1cccnc1)C(=O)NC[C@@H](O)CO. The van der Waals surface area contributed by atoms with Gasteiger partial charge in [-0.15, -0.1) is 0 Å². The molecule has 0 aliphatic rings. The molecule has 10 heteroatoms. The number of pyridine rings is 1. The van der Waals surface area contributed by atoms with Crippen molar-refractivity contribution in [3.8, 4) is 0 Å². The van der Waals surface area contributed by atoms with E-state index in [0.29, 0.717) is 30.7 Å². The number of aliphatic hydroxyl groups excluding tert-OH is 2. The highest BCUT2D eigenvalue weighted by Crippen LogP contribution is 2.42. The van der Waals surface area contributed by atoms with Crippen molar-refractivity contribution in [1.29, 1.82) is 0 Å². The maximum absolute atomic E-state index is 13.1. The molecule has 0 aliphatic heterocycles. The molecule has 49 heavy (non-hydrogen) atoms. The standard InChI is InChI=1S/C39H57N3O5S2/c1-4-5-6-7-8-9-10-11-12-13-14-15-16-17-18-19-20-21-22-25-37(46)41-27-28-48-49-39(2,3)35(38(47)42-31-34(44)32-43)29-36(45)33-24-23-26-40-30-33/h5-6,8-9,11-12,14-15,17-18,20-21,23-24,26,30,34-35,43-44H,4,7,10,13,16,19,22,25,27-29,31-32H2,1-3H3,(H,41,46)(H,42,47)/b6-5-,9-8-,12-11-,15-14-,18-17-,21-20-/t34-,35-/m1/s1. The number of allylic oxidation sites excluding steroid dienone is 12. The number of carbonyl (C=O) groups excluding carboxylic acids is 3. The number of rotatable bonds is 27. The van der Waals surface area contributed by atoms with Crippen LogP contribution in [0.4, 0.5) is 0 Å². The van der Waals surface area contributed by atoms with Crippen molar-refractivity contribution in [1.82, 2.24) is 15.6 Å². The molecule has 1 heterocycles. The molecule has 1 rings (SSSR count). The van der Waals surface area contributed by atoms with Crippen LogP contribution in [0.3, 0.4) is 0 Å².